The van der Waals surface area contributed by atoms with E-state index in [0.717, 1.165) is 42.6 Å². The van der Waals surface area contributed by atoms with Crippen LogP contribution in [0, 0.1) is 5.82 Å². The Morgan fingerprint density at radius 3 is 2.39 bits per heavy atom. The lowest BCUT2D eigenvalue weighted by Gasteiger charge is -2.35. The van der Waals surface area contributed by atoms with E-state index < -0.39 is 23.7 Å². The van der Waals surface area contributed by atoms with Gasteiger partial charge in [0.1, 0.15) is 11.9 Å². The minimum atomic E-state index is -0.792. The van der Waals surface area contributed by atoms with Crippen LogP contribution in [0.2, 0.25) is 0 Å². The van der Waals surface area contributed by atoms with Gasteiger partial charge in [0.25, 0.3) is 11.8 Å². The number of nitrogens with one attached hydrogen (secondary N) is 3. The molecule has 2 unspecified atom stereocenters. The normalized spacial score (nSPS) is 17.6. The number of imidazole rings is 1. The molecule has 16 heteroatoms. The van der Waals surface area contributed by atoms with Crippen molar-refractivity contribution in [1.82, 2.24) is 29.5 Å². The number of imide groups is 1. The number of aromatic nitrogens is 4. The molecule has 7 aromatic rings. The molecule has 0 saturated carbocycles. The van der Waals surface area contributed by atoms with E-state index >= 15 is 4.39 Å². The van der Waals surface area contributed by atoms with Crippen molar-refractivity contribution in [1.29, 1.82) is 0 Å². The van der Waals surface area contributed by atoms with Crippen LogP contribution in [0.3, 0.4) is 0 Å². The highest BCUT2D eigenvalue weighted by Gasteiger charge is 2.33. The molecule has 0 aliphatic carbocycles. The Kier molecular flexibility index (Phi) is 11.0. The molecular weight excluding hydrogens is 854 g/mol. The van der Waals surface area contributed by atoms with Crippen LogP contribution >= 0.6 is 0 Å². The minimum absolute atomic E-state index is 0.0224. The maximum atomic E-state index is 17.4. The third-order valence-electron chi connectivity index (χ3n) is 13.5. The second-order valence-corrected chi connectivity index (χ2v) is 17.5. The van der Waals surface area contributed by atoms with E-state index in [1.165, 1.54) is 22.4 Å². The lowest BCUT2D eigenvalue weighted by molar-refractivity contribution is -0.135. The maximum Gasteiger partial charge on any atom is 0.329 e. The third-order valence-corrected chi connectivity index (χ3v) is 13.5. The van der Waals surface area contributed by atoms with Crippen LogP contribution in [-0.4, -0.2) is 75.1 Å². The molecular formula is C51H48FN9O6. The average molecular weight is 902 g/mol. The zero-order chi connectivity index (χ0) is 46.7. The van der Waals surface area contributed by atoms with Crippen molar-refractivity contribution in [3.63, 3.8) is 0 Å². The number of fused-ring (bicyclic) bond motifs is 2. The highest BCUT2D eigenvalue weighted by atomic mass is 19.1. The summed E-state index contributed by atoms with van der Waals surface area (Å²) in [6.07, 6.45) is 3.35. The second kappa shape index (κ2) is 17.2. The van der Waals surface area contributed by atoms with Crippen LogP contribution in [0.5, 0.6) is 0 Å². The quantitative estimate of drug-likeness (QED) is 0.133. The van der Waals surface area contributed by atoms with E-state index in [1.807, 2.05) is 48.5 Å². The highest BCUT2D eigenvalue weighted by Crippen LogP contribution is 2.42. The van der Waals surface area contributed by atoms with Gasteiger partial charge < -0.3 is 20.4 Å². The first-order valence-electron chi connectivity index (χ1n) is 22.5. The van der Waals surface area contributed by atoms with Crippen LogP contribution in [0.4, 0.5) is 21.5 Å². The molecule has 3 aliphatic heterocycles. The van der Waals surface area contributed by atoms with Gasteiger partial charge in [-0.25, -0.2) is 9.18 Å². The fourth-order valence-electron chi connectivity index (χ4n) is 10.2. The van der Waals surface area contributed by atoms with Crippen molar-refractivity contribution < 1.29 is 28.4 Å². The average Bonchev–Trinajstić information content (AvgIpc) is 4.01. The third kappa shape index (κ3) is 7.61. The van der Waals surface area contributed by atoms with Crippen LogP contribution in [-0.2, 0) is 28.5 Å². The van der Waals surface area contributed by atoms with Crippen molar-refractivity contribution in [2.24, 2.45) is 14.1 Å². The van der Waals surface area contributed by atoms with Gasteiger partial charge in [0.05, 0.1) is 27.6 Å². The zero-order valence-corrected chi connectivity index (χ0v) is 37.3. The largest absolute Gasteiger partial charge is 0.369 e. The fraction of sp³-hybridized carbons (Fsp3) is 0.275. The molecule has 3 aliphatic rings. The fourth-order valence-corrected chi connectivity index (χ4v) is 10.2. The van der Waals surface area contributed by atoms with E-state index in [0.29, 0.717) is 64.1 Å². The van der Waals surface area contributed by atoms with Gasteiger partial charge in [-0.1, -0.05) is 42.5 Å². The van der Waals surface area contributed by atoms with Crippen molar-refractivity contribution in [2.75, 3.05) is 41.8 Å². The minimum Gasteiger partial charge on any atom is -0.369 e. The van der Waals surface area contributed by atoms with Gasteiger partial charge in [-0.3, -0.25) is 43.1 Å². The van der Waals surface area contributed by atoms with Crippen molar-refractivity contribution in [3.8, 4) is 22.3 Å². The summed E-state index contributed by atoms with van der Waals surface area (Å²) >= 11 is 0. The summed E-state index contributed by atoms with van der Waals surface area (Å²) in [4.78, 5) is 81.9. The second-order valence-electron chi connectivity index (χ2n) is 17.5. The molecule has 3 fully saturated rings. The number of aryl methyl sites for hydroxylation is 2. The lowest BCUT2D eigenvalue weighted by Crippen LogP contribution is -2.44. The molecule has 5 aromatic carbocycles. The number of halogens is 1. The van der Waals surface area contributed by atoms with Crippen molar-refractivity contribution in [2.45, 2.75) is 50.5 Å². The Bertz CT molecular complexity index is 3280. The van der Waals surface area contributed by atoms with Crippen LogP contribution in [0.25, 0.3) is 44.2 Å². The summed E-state index contributed by atoms with van der Waals surface area (Å²) in [6.45, 7) is 1.97. The first kappa shape index (κ1) is 43.0. The van der Waals surface area contributed by atoms with E-state index in [9.17, 15) is 28.8 Å². The SMILES string of the molecule is CNC(=O)c1cccc(NC(=O)c2nn(C)c3ccc(-c4ccc(N5CCCC5=O)cc4-c4cccc(C5CCCN(c6cccc7c6n(C)c(=O)n7C6CCC(=O)NC6=O)C5)c4)c(F)c23)c1. The molecule has 2 aromatic heterocycles. The first-order chi connectivity index (χ1) is 32.4. The number of carbonyl (C=O) groups excluding carboxylic acids is 5. The molecule has 3 saturated heterocycles. The Balaban J connectivity index is 1.01. The molecule has 340 valence electrons. The highest BCUT2D eigenvalue weighted by molar-refractivity contribution is 6.13. The number of hydrogen-bond acceptors (Lipinski definition) is 8. The van der Waals surface area contributed by atoms with Crippen LogP contribution in [0.15, 0.2) is 102 Å². The van der Waals surface area contributed by atoms with Crippen LogP contribution in [0.1, 0.15) is 76.9 Å². The zero-order valence-electron chi connectivity index (χ0n) is 37.3. The Labute approximate surface area is 384 Å². The molecule has 5 amide bonds. The number of benzene rings is 5. The predicted molar refractivity (Wildman–Crippen MR) is 254 cm³/mol. The van der Waals surface area contributed by atoms with Gasteiger partial charge in [-0.15, -0.1) is 0 Å². The maximum absolute atomic E-state index is 17.4. The number of hydrogen-bond donors (Lipinski definition) is 3. The standard InChI is InChI=1S/C51H48FN9O6/c1-53-48(64)31-11-5-13-33(26-31)54-50(66)46-44-38(58(3)56-46)20-19-36(45(44)52)35-18-17-34(60-24-8-16-43(60)63)27-37(35)30-10-4-9-29(25-30)32-12-7-23-59(28-32)39-14-6-15-40-47(39)57(2)51(67)61(40)41-21-22-42(62)55-49(41)65/h4-6,9-11,13-15,17-20,25-27,32,41H,7-8,12,16,21-24,28H2,1-3H3,(H,53,64)(H,54,66)(H,55,62,65). The molecule has 2 atom stereocenters. The number of para-hydroxylation sites is 1. The van der Waals surface area contributed by atoms with Gasteiger partial charge in [-0.2, -0.15) is 5.10 Å². The Hall–Kier alpha value is -7.88. The van der Waals surface area contributed by atoms with Crippen molar-refractivity contribution >= 4 is 68.5 Å². The summed E-state index contributed by atoms with van der Waals surface area (Å²) in [5, 5.41) is 12.2. The number of rotatable bonds is 9. The molecule has 0 bridgehead atoms. The molecule has 0 spiro atoms. The first-order valence-corrected chi connectivity index (χ1v) is 22.5. The van der Waals surface area contributed by atoms with E-state index in [4.69, 9.17) is 0 Å². The van der Waals surface area contributed by atoms with Gasteiger partial charge in [0, 0.05) is 82.0 Å². The summed E-state index contributed by atoms with van der Waals surface area (Å²) in [7, 11) is 4.88. The molecule has 3 N–H and O–H groups in total. The van der Waals surface area contributed by atoms with Gasteiger partial charge in [0.2, 0.25) is 17.7 Å². The monoisotopic (exact) mass is 901 g/mol. The van der Waals surface area contributed by atoms with E-state index in [2.05, 4.69) is 38.1 Å². The summed E-state index contributed by atoms with van der Waals surface area (Å²) < 4.78 is 21.9. The number of amides is 5. The number of nitrogens with zero attached hydrogens (tertiary/aromatic N) is 6. The number of carbonyl (C=O) groups is 5. The predicted octanol–water partition coefficient (Wildman–Crippen LogP) is 6.80. The van der Waals surface area contributed by atoms with Gasteiger partial charge in [-0.05, 0) is 103 Å². The van der Waals surface area contributed by atoms with Crippen LogP contribution < -0.4 is 31.4 Å². The summed E-state index contributed by atoms with van der Waals surface area (Å²) in [6, 6.07) is 28.7. The molecule has 15 nitrogen and oxygen atoms in total. The number of piperidine rings is 2. The molecule has 10 rings (SSSR count). The topological polar surface area (TPSA) is 173 Å². The molecule has 67 heavy (non-hydrogen) atoms. The number of anilines is 3. The lowest BCUT2D eigenvalue weighted by atomic mass is 9.87. The molecule has 0 radical (unpaired) electrons. The van der Waals surface area contributed by atoms with Gasteiger partial charge >= 0.3 is 5.69 Å². The van der Waals surface area contributed by atoms with Crippen molar-refractivity contribution in [3.05, 3.63) is 130 Å². The van der Waals surface area contributed by atoms with E-state index in [1.54, 1.807) is 53.9 Å². The Morgan fingerprint density at radius 1 is 0.791 bits per heavy atom. The Morgan fingerprint density at radius 2 is 1.60 bits per heavy atom. The van der Waals surface area contributed by atoms with E-state index in [-0.39, 0.29) is 58.8 Å². The smallest absolute Gasteiger partial charge is 0.329 e. The van der Waals surface area contributed by atoms with Gasteiger partial charge in [0.15, 0.2) is 5.69 Å². The molecule has 5 heterocycles. The summed E-state index contributed by atoms with van der Waals surface area (Å²) in [5.74, 6) is -2.32. The summed E-state index contributed by atoms with van der Waals surface area (Å²) in [5.41, 5.74) is 7.03.